The summed E-state index contributed by atoms with van der Waals surface area (Å²) in [7, 11) is 4.53. The Balaban J connectivity index is 1.03. The molecular formula is C61H86N6O2. The maximum atomic E-state index is 15.7. The molecule has 372 valence electrons. The van der Waals surface area contributed by atoms with Gasteiger partial charge in [0.05, 0.1) is 22.7 Å². The summed E-state index contributed by atoms with van der Waals surface area (Å²) in [6.07, 6.45) is 11.5. The lowest BCUT2D eigenvalue weighted by Crippen LogP contribution is -2.66. The number of carbonyl (C=O) groups excluding carboxylic acids is 2. The van der Waals surface area contributed by atoms with Crippen molar-refractivity contribution in [3.63, 3.8) is 0 Å². The second kappa shape index (κ2) is 20.2. The number of para-hydroxylation sites is 4. The van der Waals surface area contributed by atoms with E-state index in [0.29, 0.717) is 23.7 Å². The number of hydrogen-bond donors (Lipinski definition) is 0. The Morgan fingerprint density at radius 3 is 0.957 bits per heavy atom. The Labute approximate surface area is 417 Å². The average molecular weight is 935 g/mol. The highest BCUT2D eigenvalue weighted by atomic mass is 16.2. The standard InChI is InChI=1S/C61H86N6O2/c1-44-37-46(33-35-54(44)66(52-40-58(3,4)62(11)59(5,6)41-52)56(68)64(48-25-17-13-18-26-48)49-27-19-14-20-28-49)39-47-34-36-55(45(2)38-47)67(53-42-60(7,8)63(12)61(9,10)43-53)57(69)65(50-29-21-15-22-30-50)51-31-23-16-24-32-51/h13-32,44-47,52-55H,33-43H2,1-12H3. The van der Waals surface area contributed by atoms with E-state index in [0.717, 1.165) is 87.0 Å². The quantitative estimate of drug-likeness (QED) is 0.159. The van der Waals surface area contributed by atoms with E-state index in [1.165, 1.54) is 6.42 Å². The molecule has 0 spiro atoms. The lowest BCUT2D eigenvalue weighted by atomic mass is 9.69. The van der Waals surface area contributed by atoms with Crippen LogP contribution in [0.2, 0.25) is 0 Å². The molecule has 2 heterocycles. The minimum absolute atomic E-state index is 0.0629. The summed E-state index contributed by atoms with van der Waals surface area (Å²) >= 11 is 0. The van der Waals surface area contributed by atoms with Gasteiger partial charge < -0.3 is 9.80 Å². The van der Waals surface area contributed by atoms with E-state index in [9.17, 15) is 0 Å². The highest BCUT2D eigenvalue weighted by Gasteiger charge is 2.51. The van der Waals surface area contributed by atoms with Gasteiger partial charge in [-0.1, -0.05) is 86.6 Å². The van der Waals surface area contributed by atoms with Gasteiger partial charge in [0.1, 0.15) is 0 Å². The van der Waals surface area contributed by atoms with Gasteiger partial charge in [-0.25, -0.2) is 9.59 Å². The Morgan fingerprint density at radius 2 is 0.710 bits per heavy atom. The van der Waals surface area contributed by atoms with Crippen LogP contribution in [0.5, 0.6) is 0 Å². The van der Waals surface area contributed by atoms with Gasteiger partial charge in [0, 0.05) is 46.3 Å². The van der Waals surface area contributed by atoms with Crippen LogP contribution in [0.3, 0.4) is 0 Å². The SMILES string of the molecule is CC1CC(CC2CCC(N(C(=O)N(c3ccccc3)c3ccccc3)C3CC(C)(C)N(C)C(C)(C)C3)C(C)C2)CCC1N(C(=O)N(c1ccccc1)c1ccccc1)C1CC(C)(C)N(C)C(C)(C)C1. The van der Waals surface area contributed by atoms with Crippen molar-refractivity contribution in [2.45, 2.75) is 186 Å². The van der Waals surface area contributed by atoms with Crippen molar-refractivity contribution < 1.29 is 9.59 Å². The highest BCUT2D eigenvalue weighted by Crippen LogP contribution is 2.48. The Kier molecular flexibility index (Phi) is 14.9. The van der Waals surface area contributed by atoms with Crippen molar-refractivity contribution >= 4 is 34.8 Å². The lowest BCUT2D eigenvalue weighted by Gasteiger charge is -2.58. The van der Waals surface area contributed by atoms with E-state index >= 15 is 9.59 Å². The van der Waals surface area contributed by atoms with Gasteiger partial charge in [0.25, 0.3) is 0 Å². The van der Waals surface area contributed by atoms with Crippen LogP contribution < -0.4 is 9.80 Å². The predicted octanol–water partition coefficient (Wildman–Crippen LogP) is 14.8. The number of likely N-dealkylation sites (tertiary alicyclic amines) is 2. The zero-order valence-corrected chi connectivity index (χ0v) is 44.4. The Bertz CT molecular complexity index is 2040. The maximum absolute atomic E-state index is 15.7. The summed E-state index contributed by atoms with van der Waals surface area (Å²) in [4.78, 5) is 45.1. The number of hydrogen-bond acceptors (Lipinski definition) is 4. The van der Waals surface area contributed by atoms with Gasteiger partial charge in [-0.3, -0.25) is 19.6 Å². The first-order valence-electron chi connectivity index (χ1n) is 26.6. The molecular weight excluding hydrogens is 849 g/mol. The minimum Gasteiger partial charge on any atom is -0.318 e. The first-order chi connectivity index (χ1) is 32.7. The summed E-state index contributed by atoms with van der Waals surface area (Å²) in [6, 6.07) is 41.8. The largest absolute Gasteiger partial charge is 0.329 e. The lowest BCUT2D eigenvalue weighted by molar-refractivity contribution is -0.0549. The summed E-state index contributed by atoms with van der Waals surface area (Å²) in [5.74, 6) is 1.97. The summed E-state index contributed by atoms with van der Waals surface area (Å²) < 4.78 is 0. The molecule has 2 aliphatic heterocycles. The highest BCUT2D eigenvalue weighted by molar-refractivity contribution is 6.00. The molecule has 4 aromatic rings. The molecule has 4 aliphatic rings. The first-order valence-corrected chi connectivity index (χ1v) is 26.6. The molecule has 0 N–H and O–H groups in total. The fourth-order valence-electron chi connectivity index (χ4n) is 14.2. The third-order valence-electron chi connectivity index (χ3n) is 18.1. The number of amides is 4. The molecule has 8 nitrogen and oxygen atoms in total. The summed E-state index contributed by atoms with van der Waals surface area (Å²) in [5, 5.41) is 0. The maximum Gasteiger partial charge on any atom is 0.329 e. The molecule has 0 bridgehead atoms. The first kappa shape index (κ1) is 50.7. The molecule has 0 aromatic heterocycles. The monoisotopic (exact) mass is 935 g/mol. The van der Waals surface area contributed by atoms with E-state index in [2.05, 4.69) is 151 Å². The second-order valence-electron chi connectivity index (χ2n) is 24.6. The number of rotatable bonds is 10. The number of urea groups is 2. The molecule has 6 atom stereocenters. The van der Waals surface area contributed by atoms with E-state index in [1.54, 1.807) is 0 Å². The summed E-state index contributed by atoms with van der Waals surface area (Å²) in [6.45, 7) is 23.8. The van der Waals surface area contributed by atoms with Crippen molar-refractivity contribution in [2.24, 2.45) is 23.7 Å². The molecule has 4 fully saturated rings. The minimum atomic E-state index is -0.0629. The van der Waals surface area contributed by atoms with Crippen molar-refractivity contribution in [2.75, 3.05) is 23.9 Å². The topological polar surface area (TPSA) is 53.6 Å². The van der Waals surface area contributed by atoms with Gasteiger partial charge >= 0.3 is 12.1 Å². The average Bonchev–Trinajstić information content (AvgIpc) is 3.30. The fraction of sp³-hybridized carbons (Fsp3) is 0.574. The molecule has 4 aromatic carbocycles. The van der Waals surface area contributed by atoms with Crippen LogP contribution in [0, 0.1) is 23.7 Å². The zero-order valence-electron chi connectivity index (χ0n) is 44.4. The molecule has 8 heteroatoms. The fourth-order valence-corrected chi connectivity index (χ4v) is 14.2. The molecule has 4 amide bonds. The van der Waals surface area contributed by atoms with Crippen LogP contribution in [0.1, 0.15) is 140 Å². The van der Waals surface area contributed by atoms with Gasteiger partial charge in [-0.2, -0.15) is 0 Å². The third kappa shape index (κ3) is 10.7. The van der Waals surface area contributed by atoms with Gasteiger partial charge in [-0.05, 0) is 212 Å². The number of nitrogens with zero attached hydrogens (tertiary/aromatic N) is 6. The van der Waals surface area contributed by atoms with Crippen LogP contribution in [0.25, 0.3) is 0 Å². The number of anilines is 4. The van der Waals surface area contributed by atoms with E-state index < -0.39 is 0 Å². The van der Waals surface area contributed by atoms with Crippen LogP contribution in [0.4, 0.5) is 32.3 Å². The van der Waals surface area contributed by atoms with Gasteiger partial charge in [0.15, 0.2) is 0 Å². The molecule has 2 saturated heterocycles. The van der Waals surface area contributed by atoms with Crippen molar-refractivity contribution in [1.82, 2.24) is 19.6 Å². The molecule has 2 saturated carbocycles. The number of carbonyl (C=O) groups is 2. The number of piperidine rings is 2. The molecule has 2 aliphatic carbocycles. The van der Waals surface area contributed by atoms with Crippen LogP contribution >= 0.6 is 0 Å². The Morgan fingerprint density at radius 1 is 0.449 bits per heavy atom. The summed E-state index contributed by atoms with van der Waals surface area (Å²) in [5.41, 5.74) is 3.39. The smallest absolute Gasteiger partial charge is 0.318 e. The van der Waals surface area contributed by atoms with E-state index in [-0.39, 0.29) is 58.4 Å². The molecule has 8 rings (SSSR count). The van der Waals surface area contributed by atoms with Crippen molar-refractivity contribution in [1.29, 1.82) is 0 Å². The normalized spacial score (nSPS) is 27.2. The van der Waals surface area contributed by atoms with Crippen LogP contribution in [-0.2, 0) is 0 Å². The predicted molar refractivity (Wildman–Crippen MR) is 288 cm³/mol. The van der Waals surface area contributed by atoms with E-state index in [1.807, 2.05) is 82.6 Å². The third-order valence-corrected chi connectivity index (χ3v) is 18.1. The molecule has 6 unspecified atom stereocenters. The molecule has 69 heavy (non-hydrogen) atoms. The van der Waals surface area contributed by atoms with Crippen molar-refractivity contribution in [3.8, 4) is 0 Å². The van der Waals surface area contributed by atoms with E-state index in [4.69, 9.17) is 0 Å². The zero-order chi connectivity index (χ0) is 49.5. The van der Waals surface area contributed by atoms with Crippen LogP contribution in [-0.4, -0.2) is 92.1 Å². The van der Waals surface area contributed by atoms with Gasteiger partial charge in [0.2, 0.25) is 0 Å². The van der Waals surface area contributed by atoms with Gasteiger partial charge in [-0.15, -0.1) is 0 Å². The molecule has 0 radical (unpaired) electrons. The Hall–Kier alpha value is -4.66. The van der Waals surface area contributed by atoms with Crippen molar-refractivity contribution in [3.05, 3.63) is 121 Å². The number of benzene rings is 4. The van der Waals surface area contributed by atoms with Crippen LogP contribution in [0.15, 0.2) is 121 Å². The second-order valence-corrected chi connectivity index (χ2v) is 24.6.